The lowest BCUT2D eigenvalue weighted by molar-refractivity contribution is -0.176. The van der Waals surface area contributed by atoms with E-state index in [0.717, 1.165) is 37.9 Å². The van der Waals surface area contributed by atoms with Crippen LogP contribution in [0.2, 0.25) is 0 Å². The van der Waals surface area contributed by atoms with Crippen molar-refractivity contribution in [3.63, 3.8) is 0 Å². The quantitative estimate of drug-likeness (QED) is 0.167. The van der Waals surface area contributed by atoms with Gasteiger partial charge >= 0.3 is 0 Å². The molecule has 0 amide bonds. The monoisotopic (exact) mass is 546 g/mol. The van der Waals surface area contributed by atoms with Gasteiger partial charge in [-0.15, -0.1) is 0 Å². The summed E-state index contributed by atoms with van der Waals surface area (Å²) in [4.78, 5) is 0.141. The molecule has 0 spiro atoms. The molecule has 1 fully saturated rings. The highest BCUT2D eigenvalue weighted by Gasteiger charge is 2.22. The van der Waals surface area contributed by atoms with Gasteiger partial charge in [-0.05, 0) is 56.6 Å². The zero-order valence-corrected chi connectivity index (χ0v) is 23.6. The Kier molecular flexibility index (Phi) is 15.8. The molecule has 0 aromatic heterocycles. The van der Waals surface area contributed by atoms with E-state index in [4.69, 9.17) is 32.6 Å². The third-order valence-corrected chi connectivity index (χ3v) is 7.16. The van der Waals surface area contributed by atoms with Crippen molar-refractivity contribution in [3.05, 3.63) is 29.8 Å². The van der Waals surface area contributed by atoms with Crippen LogP contribution in [0.3, 0.4) is 0 Å². The Hall–Kier alpha value is -1.11. The van der Waals surface area contributed by atoms with Crippen molar-refractivity contribution >= 4 is 10.1 Å². The minimum atomic E-state index is -3.76. The lowest BCUT2D eigenvalue weighted by Crippen LogP contribution is -2.28. The summed E-state index contributed by atoms with van der Waals surface area (Å²) in [6, 6.07) is 6.52. The molecule has 1 aromatic rings. The molecule has 0 N–H and O–H groups in total. The summed E-state index contributed by atoms with van der Waals surface area (Å²) in [6.07, 6.45) is 5.29. The maximum Gasteiger partial charge on any atom is 0.297 e. The Balaban J connectivity index is 1.32. The third-order valence-electron chi connectivity index (χ3n) is 5.83. The highest BCUT2D eigenvalue weighted by atomic mass is 32.2. The fourth-order valence-corrected chi connectivity index (χ4v) is 4.52. The van der Waals surface area contributed by atoms with Gasteiger partial charge in [0.2, 0.25) is 0 Å². The normalized spacial score (nSPS) is 16.8. The summed E-state index contributed by atoms with van der Waals surface area (Å²) in [5, 5.41) is 0. The number of ether oxygens (including phenoxy) is 6. The van der Waals surface area contributed by atoms with Crippen LogP contribution >= 0.6 is 0 Å². The van der Waals surface area contributed by atoms with Crippen molar-refractivity contribution in [2.45, 2.75) is 64.1 Å². The van der Waals surface area contributed by atoms with Crippen LogP contribution in [-0.2, 0) is 42.7 Å². The second-order valence-corrected chi connectivity index (χ2v) is 11.5. The minimum Gasteiger partial charge on any atom is -0.379 e. The van der Waals surface area contributed by atoms with Gasteiger partial charge in [0.1, 0.15) is 0 Å². The van der Waals surface area contributed by atoms with Crippen LogP contribution in [0.1, 0.15) is 51.5 Å². The van der Waals surface area contributed by atoms with Gasteiger partial charge in [0.15, 0.2) is 6.29 Å². The standard InChI is InChI=1S/C27H46O9S/c1-24-8-10-25(11-9-24)37(28,29)36-22-21-33-20-19-32-18-17-31-16-15-30-13-6-12-27(2,3)23-35-26-7-4-5-14-34-26/h8-11,26H,4-7,12-23H2,1-3H3. The van der Waals surface area contributed by atoms with Crippen molar-refractivity contribution in [1.82, 2.24) is 0 Å². The highest BCUT2D eigenvalue weighted by Crippen LogP contribution is 2.25. The molecule has 37 heavy (non-hydrogen) atoms. The SMILES string of the molecule is Cc1ccc(S(=O)(=O)OCCOCCOCCOCCOCCCC(C)(C)COC2CCCCO2)cc1. The van der Waals surface area contributed by atoms with Gasteiger partial charge in [-0.1, -0.05) is 31.5 Å². The van der Waals surface area contributed by atoms with E-state index in [-0.39, 0.29) is 29.8 Å². The van der Waals surface area contributed by atoms with Crippen LogP contribution in [0.25, 0.3) is 0 Å². The van der Waals surface area contributed by atoms with E-state index in [1.54, 1.807) is 12.1 Å². The Morgan fingerprint density at radius 1 is 0.838 bits per heavy atom. The average Bonchev–Trinajstić information content (AvgIpc) is 2.88. The Morgan fingerprint density at radius 2 is 1.41 bits per heavy atom. The van der Waals surface area contributed by atoms with E-state index in [1.165, 1.54) is 18.6 Å². The van der Waals surface area contributed by atoms with Crippen molar-refractivity contribution < 1.29 is 41.0 Å². The summed E-state index contributed by atoms with van der Waals surface area (Å²) in [5.74, 6) is 0. The summed E-state index contributed by atoms with van der Waals surface area (Å²) >= 11 is 0. The van der Waals surface area contributed by atoms with Crippen LogP contribution in [0.4, 0.5) is 0 Å². The Bertz CT molecular complexity index is 806. The van der Waals surface area contributed by atoms with Gasteiger partial charge in [0.05, 0.1) is 64.4 Å². The number of aryl methyl sites for hydroxylation is 1. The molecule has 9 nitrogen and oxygen atoms in total. The van der Waals surface area contributed by atoms with Crippen molar-refractivity contribution in [2.24, 2.45) is 5.41 Å². The van der Waals surface area contributed by atoms with Crippen molar-refractivity contribution in [3.8, 4) is 0 Å². The van der Waals surface area contributed by atoms with Gasteiger partial charge in [-0.2, -0.15) is 8.42 Å². The second kappa shape index (κ2) is 18.2. The zero-order chi connectivity index (χ0) is 26.8. The molecule has 1 aromatic carbocycles. The lowest BCUT2D eigenvalue weighted by Gasteiger charge is -2.29. The van der Waals surface area contributed by atoms with Crippen LogP contribution in [-0.4, -0.2) is 87.4 Å². The van der Waals surface area contributed by atoms with Crippen molar-refractivity contribution in [2.75, 3.05) is 72.7 Å². The number of rotatable bonds is 21. The summed E-state index contributed by atoms with van der Waals surface area (Å²) in [6.45, 7) is 11.4. The third kappa shape index (κ3) is 15.2. The maximum atomic E-state index is 12.1. The van der Waals surface area contributed by atoms with Crippen LogP contribution in [0.15, 0.2) is 29.2 Å². The van der Waals surface area contributed by atoms with Gasteiger partial charge in [0, 0.05) is 13.2 Å². The number of hydrogen-bond acceptors (Lipinski definition) is 9. The molecular weight excluding hydrogens is 500 g/mol. The number of benzene rings is 1. The molecule has 1 aliphatic heterocycles. The average molecular weight is 547 g/mol. The first kappa shape index (κ1) is 32.1. The molecule has 1 saturated heterocycles. The summed E-state index contributed by atoms with van der Waals surface area (Å²) < 4.78 is 62.6. The van der Waals surface area contributed by atoms with Gasteiger partial charge in [-0.25, -0.2) is 0 Å². The first-order valence-electron chi connectivity index (χ1n) is 13.3. The molecular formula is C27H46O9S. The van der Waals surface area contributed by atoms with Crippen LogP contribution in [0.5, 0.6) is 0 Å². The molecule has 0 aliphatic carbocycles. The van der Waals surface area contributed by atoms with E-state index in [2.05, 4.69) is 13.8 Å². The minimum absolute atomic E-state index is 0.0339. The zero-order valence-electron chi connectivity index (χ0n) is 22.8. The van der Waals surface area contributed by atoms with E-state index < -0.39 is 10.1 Å². The highest BCUT2D eigenvalue weighted by molar-refractivity contribution is 7.86. The smallest absolute Gasteiger partial charge is 0.297 e. The van der Waals surface area contributed by atoms with Gasteiger partial charge < -0.3 is 28.4 Å². The Labute approximate surface area is 223 Å². The lowest BCUT2D eigenvalue weighted by atomic mass is 9.89. The first-order chi connectivity index (χ1) is 17.8. The molecule has 10 heteroatoms. The molecule has 0 radical (unpaired) electrons. The van der Waals surface area contributed by atoms with Crippen LogP contribution in [0, 0.1) is 12.3 Å². The molecule has 0 saturated carbocycles. The molecule has 1 atom stereocenters. The Morgan fingerprint density at radius 3 is 1.97 bits per heavy atom. The predicted molar refractivity (Wildman–Crippen MR) is 140 cm³/mol. The fourth-order valence-electron chi connectivity index (χ4n) is 3.62. The van der Waals surface area contributed by atoms with E-state index in [1.807, 2.05) is 6.92 Å². The van der Waals surface area contributed by atoms with Gasteiger partial charge in [0.25, 0.3) is 10.1 Å². The van der Waals surface area contributed by atoms with E-state index in [0.29, 0.717) is 52.9 Å². The summed E-state index contributed by atoms with van der Waals surface area (Å²) in [7, 11) is -3.76. The van der Waals surface area contributed by atoms with E-state index in [9.17, 15) is 8.42 Å². The predicted octanol–water partition coefficient (Wildman–Crippen LogP) is 4.12. The van der Waals surface area contributed by atoms with Gasteiger partial charge in [-0.3, -0.25) is 4.18 Å². The molecule has 1 aliphatic rings. The van der Waals surface area contributed by atoms with Crippen LogP contribution < -0.4 is 0 Å². The summed E-state index contributed by atoms with van der Waals surface area (Å²) in [5.41, 5.74) is 1.09. The molecule has 214 valence electrons. The maximum absolute atomic E-state index is 12.1. The molecule has 1 heterocycles. The molecule has 0 bridgehead atoms. The fraction of sp³-hybridized carbons (Fsp3) is 0.778. The molecule has 2 rings (SSSR count). The van der Waals surface area contributed by atoms with Crippen molar-refractivity contribution in [1.29, 1.82) is 0 Å². The largest absolute Gasteiger partial charge is 0.379 e. The first-order valence-corrected chi connectivity index (χ1v) is 14.7. The molecule has 1 unspecified atom stereocenters. The topological polar surface area (TPSA) is 98.8 Å². The second-order valence-electron chi connectivity index (χ2n) is 9.91. The number of hydrogen-bond donors (Lipinski definition) is 0. The van der Waals surface area contributed by atoms with E-state index >= 15 is 0 Å².